The average molecular weight is 210 g/mol. The maximum absolute atomic E-state index is 10.7. The van der Waals surface area contributed by atoms with Crippen molar-refractivity contribution in [3.05, 3.63) is 0 Å². The van der Waals surface area contributed by atoms with Gasteiger partial charge in [-0.25, -0.2) is 4.79 Å². The van der Waals surface area contributed by atoms with Crippen LogP contribution in [0.5, 0.6) is 0 Å². The summed E-state index contributed by atoms with van der Waals surface area (Å²) < 4.78 is 8.98. The second-order valence-electron chi connectivity index (χ2n) is 1.60. The van der Waals surface area contributed by atoms with Crippen molar-refractivity contribution in [3.63, 3.8) is 0 Å². The molecule has 0 aliphatic carbocycles. The van der Waals surface area contributed by atoms with Crippen molar-refractivity contribution in [3.8, 4) is 0 Å². The van der Waals surface area contributed by atoms with Crippen LogP contribution in [0.4, 0.5) is 4.79 Å². The van der Waals surface area contributed by atoms with Crippen LogP contribution in [0.1, 0.15) is 6.92 Å². The van der Waals surface area contributed by atoms with Crippen LogP contribution in [0.2, 0.25) is 0 Å². The smallest absolute Gasteiger partial charge is 0.377 e. The van der Waals surface area contributed by atoms with E-state index in [4.69, 9.17) is 0 Å². The van der Waals surface area contributed by atoms with Gasteiger partial charge in [0, 0.05) is 10.8 Å². The van der Waals surface area contributed by atoms with Gasteiger partial charge in [0.15, 0.2) is 0 Å². The topological polar surface area (TPSA) is 52.6 Å². The number of methoxy groups -OCH3 is 1. The standard InChI is InChI=1S/C6H10O4S2/c1-3-10-5(7)4-11-12-6(8)9-2/h3-4H2,1-2H3. The van der Waals surface area contributed by atoms with Gasteiger partial charge in [0.1, 0.15) is 5.75 Å². The zero-order valence-electron chi connectivity index (χ0n) is 6.86. The molecule has 0 bridgehead atoms. The third-order valence-electron chi connectivity index (χ3n) is 0.776. The van der Waals surface area contributed by atoms with Crippen molar-refractivity contribution in [2.24, 2.45) is 0 Å². The molecule has 0 N–H and O–H groups in total. The molecular formula is C6H10O4S2. The van der Waals surface area contributed by atoms with Gasteiger partial charge >= 0.3 is 11.3 Å². The van der Waals surface area contributed by atoms with E-state index in [1.54, 1.807) is 6.92 Å². The van der Waals surface area contributed by atoms with Crippen LogP contribution in [0, 0.1) is 0 Å². The third kappa shape index (κ3) is 6.36. The Labute approximate surface area is 78.8 Å². The second kappa shape index (κ2) is 7.30. The lowest BCUT2D eigenvalue weighted by Crippen LogP contribution is -2.06. The molecule has 0 fully saturated rings. The van der Waals surface area contributed by atoms with Gasteiger partial charge in [0.2, 0.25) is 0 Å². The molecule has 0 spiro atoms. The summed E-state index contributed by atoms with van der Waals surface area (Å²) in [6.45, 7) is 2.10. The van der Waals surface area contributed by atoms with Crippen molar-refractivity contribution in [2.45, 2.75) is 6.92 Å². The number of hydrogen-bond donors (Lipinski definition) is 0. The summed E-state index contributed by atoms with van der Waals surface area (Å²) in [6, 6.07) is 0. The number of ether oxygens (including phenoxy) is 2. The largest absolute Gasteiger partial charge is 0.465 e. The fourth-order valence-electron chi connectivity index (χ4n) is 0.362. The zero-order chi connectivity index (χ0) is 9.40. The van der Waals surface area contributed by atoms with Gasteiger partial charge in [0.25, 0.3) is 0 Å². The van der Waals surface area contributed by atoms with E-state index in [0.717, 1.165) is 21.6 Å². The minimum Gasteiger partial charge on any atom is -0.465 e. The molecule has 0 saturated heterocycles. The summed E-state index contributed by atoms with van der Waals surface area (Å²) in [5, 5.41) is -0.413. The van der Waals surface area contributed by atoms with E-state index in [9.17, 15) is 9.59 Å². The quantitative estimate of drug-likeness (QED) is 0.520. The van der Waals surface area contributed by atoms with E-state index < -0.39 is 5.30 Å². The molecular weight excluding hydrogens is 200 g/mol. The van der Waals surface area contributed by atoms with Crippen molar-refractivity contribution in [1.82, 2.24) is 0 Å². The first kappa shape index (κ1) is 11.6. The molecule has 0 aromatic rings. The molecule has 0 aliphatic heterocycles. The van der Waals surface area contributed by atoms with Gasteiger partial charge in [0.05, 0.1) is 13.7 Å². The Balaban J connectivity index is 3.30. The highest BCUT2D eigenvalue weighted by Crippen LogP contribution is 2.22. The van der Waals surface area contributed by atoms with E-state index >= 15 is 0 Å². The molecule has 6 heteroatoms. The maximum Gasteiger partial charge on any atom is 0.377 e. The van der Waals surface area contributed by atoms with Crippen LogP contribution < -0.4 is 0 Å². The van der Waals surface area contributed by atoms with Gasteiger partial charge in [-0.15, -0.1) is 0 Å². The minimum atomic E-state index is -0.413. The lowest BCUT2D eigenvalue weighted by atomic mass is 10.8. The Morgan fingerprint density at radius 3 is 2.58 bits per heavy atom. The highest BCUT2D eigenvalue weighted by atomic mass is 33.1. The first-order chi connectivity index (χ1) is 5.70. The summed E-state index contributed by atoms with van der Waals surface area (Å²) in [4.78, 5) is 21.2. The van der Waals surface area contributed by atoms with Crippen molar-refractivity contribution in [1.29, 1.82) is 0 Å². The Morgan fingerprint density at radius 2 is 2.08 bits per heavy atom. The Bertz CT molecular complexity index is 160. The molecule has 0 rings (SSSR count). The average Bonchev–Trinajstić information content (AvgIpc) is 2.04. The van der Waals surface area contributed by atoms with Crippen LogP contribution >= 0.6 is 21.6 Å². The van der Waals surface area contributed by atoms with Crippen LogP contribution in [0.3, 0.4) is 0 Å². The molecule has 0 atom stereocenters. The highest BCUT2D eigenvalue weighted by molar-refractivity contribution is 8.82. The Kier molecular flexibility index (Phi) is 7.08. The SMILES string of the molecule is CCOC(=O)CSSC(=O)OC. The van der Waals surface area contributed by atoms with Gasteiger partial charge in [-0.2, -0.15) is 0 Å². The molecule has 0 aromatic carbocycles. The second-order valence-corrected chi connectivity index (χ2v) is 3.84. The van der Waals surface area contributed by atoms with E-state index in [-0.39, 0.29) is 11.7 Å². The van der Waals surface area contributed by atoms with Crippen LogP contribution in [-0.2, 0) is 14.3 Å². The number of carbonyl (C=O) groups is 2. The number of hydrogen-bond acceptors (Lipinski definition) is 6. The predicted octanol–water partition coefficient (Wildman–Crippen LogP) is 1.70. The zero-order valence-corrected chi connectivity index (χ0v) is 8.50. The van der Waals surface area contributed by atoms with Gasteiger partial charge < -0.3 is 9.47 Å². The van der Waals surface area contributed by atoms with Crippen molar-refractivity contribution >= 4 is 32.9 Å². The van der Waals surface area contributed by atoms with Crippen LogP contribution in [0.15, 0.2) is 0 Å². The lowest BCUT2D eigenvalue weighted by molar-refractivity contribution is -0.139. The fourth-order valence-corrected chi connectivity index (χ4v) is 1.72. The molecule has 0 radical (unpaired) electrons. The summed E-state index contributed by atoms with van der Waals surface area (Å²) in [5.74, 6) is -0.160. The van der Waals surface area contributed by atoms with E-state index in [1.165, 1.54) is 7.11 Å². The highest BCUT2D eigenvalue weighted by Gasteiger charge is 2.06. The fraction of sp³-hybridized carbons (Fsp3) is 0.667. The van der Waals surface area contributed by atoms with Gasteiger partial charge in [-0.05, 0) is 6.92 Å². The van der Waals surface area contributed by atoms with E-state index in [2.05, 4.69) is 9.47 Å². The molecule has 0 aliphatic rings. The molecule has 0 heterocycles. The summed E-state index contributed by atoms with van der Waals surface area (Å²) in [7, 11) is 3.28. The van der Waals surface area contributed by atoms with E-state index in [0.29, 0.717) is 6.61 Å². The first-order valence-electron chi connectivity index (χ1n) is 3.23. The Morgan fingerprint density at radius 1 is 1.42 bits per heavy atom. The maximum atomic E-state index is 10.7. The first-order valence-corrected chi connectivity index (χ1v) is 5.55. The van der Waals surface area contributed by atoms with Crippen molar-refractivity contribution in [2.75, 3.05) is 19.5 Å². The summed E-state index contributed by atoms with van der Waals surface area (Å²) in [6.07, 6.45) is 0. The van der Waals surface area contributed by atoms with Crippen LogP contribution in [-0.4, -0.2) is 30.7 Å². The molecule has 0 amide bonds. The number of esters is 1. The molecule has 0 aromatic heterocycles. The lowest BCUT2D eigenvalue weighted by Gasteiger charge is -1.99. The molecule has 0 unspecified atom stereocenters. The van der Waals surface area contributed by atoms with Gasteiger partial charge in [-0.3, -0.25) is 4.79 Å². The summed E-state index contributed by atoms with van der Waals surface area (Å²) >= 11 is 0. The molecule has 12 heavy (non-hydrogen) atoms. The Hall–Kier alpha value is -0.360. The van der Waals surface area contributed by atoms with Crippen molar-refractivity contribution < 1.29 is 19.1 Å². The van der Waals surface area contributed by atoms with Crippen LogP contribution in [0.25, 0.3) is 0 Å². The number of carbonyl (C=O) groups excluding carboxylic acids is 2. The molecule has 4 nitrogen and oxygen atoms in total. The normalized spacial score (nSPS) is 9.17. The molecule has 0 saturated carbocycles. The van der Waals surface area contributed by atoms with Gasteiger partial charge in [-0.1, -0.05) is 10.8 Å². The predicted molar refractivity (Wildman–Crippen MR) is 49.1 cm³/mol. The number of rotatable bonds is 4. The summed E-state index contributed by atoms with van der Waals surface area (Å²) in [5.41, 5.74) is 0. The minimum absolute atomic E-state index is 0.160. The third-order valence-corrected chi connectivity index (χ3v) is 2.67. The van der Waals surface area contributed by atoms with E-state index in [1.807, 2.05) is 0 Å². The monoisotopic (exact) mass is 210 g/mol. The molecule has 70 valence electrons.